The van der Waals surface area contributed by atoms with Crippen LogP contribution < -0.4 is 0 Å². The van der Waals surface area contributed by atoms with Crippen molar-refractivity contribution in [1.82, 2.24) is 14.8 Å². The Morgan fingerprint density at radius 3 is 2.81 bits per heavy atom. The van der Waals surface area contributed by atoms with Crippen molar-refractivity contribution in [2.24, 2.45) is 5.92 Å². The number of carbonyl (C=O) groups is 1. The average molecular weight is 351 g/mol. The summed E-state index contributed by atoms with van der Waals surface area (Å²) in [6.07, 6.45) is 6.37. The molecule has 3 aliphatic rings. The van der Waals surface area contributed by atoms with E-state index in [9.17, 15) is 9.90 Å². The maximum absolute atomic E-state index is 12.9. The van der Waals surface area contributed by atoms with E-state index < -0.39 is 0 Å². The number of amides is 1. The van der Waals surface area contributed by atoms with Crippen molar-refractivity contribution in [2.45, 2.75) is 31.8 Å². The fourth-order valence-electron chi connectivity index (χ4n) is 4.31. The number of hydrogen-bond acceptors (Lipinski definition) is 4. The number of nitrogens with zero attached hydrogens (tertiary/aromatic N) is 3. The number of aromatic hydroxyl groups is 1. The molecular weight excluding hydrogens is 326 g/mol. The first-order chi connectivity index (χ1) is 12.7. The van der Waals surface area contributed by atoms with E-state index in [2.05, 4.69) is 20.9 Å². The zero-order valence-corrected chi connectivity index (χ0v) is 14.9. The van der Waals surface area contributed by atoms with E-state index in [0.717, 1.165) is 38.2 Å². The summed E-state index contributed by atoms with van der Waals surface area (Å²) in [5.74, 6) is 0.933. The van der Waals surface area contributed by atoms with Crippen LogP contribution in [-0.2, 0) is 17.8 Å². The number of hydrogen-bond donors (Lipinski definition) is 1. The van der Waals surface area contributed by atoms with E-state index in [1.807, 2.05) is 18.3 Å². The molecule has 136 valence electrons. The molecule has 5 rings (SSSR count). The Kier molecular flexibility index (Phi) is 4.89. The van der Waals surface area contributed by atoms with Crippen LogP contribution in [0.2, 0.25) is 0 Å². The van der Waals surface area contributed by atoms with Crippen molar-refractivity contribution >= 4 is 5.91 Å². The normalized spacial score (nSPS) is 23.0. The quantitative estimate of drug-likeness (QED) is 0.919. The number of phenols is 1. The lowest BCUT2D eigenvalue weighted by atomic mass is 9.94. The van der Waals surface area contributed by atoms with Crippen molar-refractivity contribution in [3.05, 3.63) is 59.9 Å². The number of pyridine rings is 1. The van der Waals surface area contributed by atoms with Crippen LogP contribution in [0.15, 0.2) is 48.8 Å². The lowest BCUT2D eigenvalue weighted by Gasteiger charge is -2.36. The van der Waals surface area contributed by atoms with E-state index in [-0.39, 0.29) is 17.7 Å². The second kappa shape index (κ2) is 7.46. The van der Waals surface area contributed by atoms with Crippen molar-refractivity contribution in [2.75, 3.05) is 19.6 Å². The molecule has 3 fully saturated rings. The number of benzene rings is 1. The number of fused-ring (bicyclic) bond motifs is 4. The van der Waals surface area contributed by atoms with Crippen LogP contribution in [0, 0.1) is 5.92 Å². The zero-order chi connectivity index (χ0) is 17.9. The largest absolute Gasteiger partial charge is 0.508 e. The molecule has 2 aromatic rings. The summed E-state index contributed by atoms with van der Waals surface area (Å²) in [5, 5.41) is 9.62. The van der Waals surface area contributed by atoms with Gasteiger partial charge in [0, 0.05) is 44.6 Å². The number of aromatic nitrogens is 1. The minimum absolute atomic E-state index is 0.175. The molecule has 0 aliphatic carbocycles. The fraction of sp³-hybridized carbons (Fsp3) is 0.429. The van der Waals surface area contributed by atoms with Crippen LogP contribution in [0.25, 0.3) is 0 Å². The molecule has 3 aliphatic heterocycles. The molecular formula is C21H25N3O2. The third-order valence-electron chi connectivity index (χ3n) is 5.50. The van der Waals surface area contributed by atoms with E-state index in [0.29, 0.717) is 12.3 Å². The minimum atomic E-state index is 0.175. The van der Waals surface area contributed by atoms with Gasteiger partial charge in [-0.05, 0) is 48.1 Å². The van der Waals surface area contributed by atoms with Gasteiger partial charge < -0.3 is 10.0 Å². The van der Waals surface area contributed by atoms with Crippen molar-refractivity contribution in [3.8, 4) is 5.75 Å². The van der Waals surface area contributed by atoms with Crippen LogP contribution in [0.5, 0.6) is 5.75 Å². The fourth-order valence-corrected chi connectivity index (χ4v) is 4.31. The first-order valence-electron chi connectivity index (χ1n) is 9.36. The lowest BCUT2D eigenvalue weighted by Crippen LogP contribution is -2.47. The summed E-state index contributed by atoms with van der Waals surface area (Å²) >= 11 is 0. The van der Waals surface area contributed by atoms with E-state index in [1.54, 1.807) is 24.4 Å². The molecule has 4 heterocycles. The SMILES string of the molecule is O=C(Cc1cccc(O)c1)N1C[C@H]2CC[C@@H]1CN(Cc1cccnc1)C2. The summed E-state index contributed by atoms with van der Waals surface area (Å²) in [5.41, 5.74) is 2.11. The van der Waals surface area contributed by atoms with Gasteiger partial charge in [-0.2, -0.15) is 0 Å². The molecule has 0 saturated carbocycles. The molecule has 2 bridgehead atoms. The van der Waals surface area contributed by atoms with E-state index >= 15 is 0 Å². The van der Waals surface area contributed by atoms with Gasteiger partial charge in [0.15, 0.2) is 0 Å². The molecule has 0 radical (unpaired) electrons. The first-order valence-corrected chi connectivity index (χ1v) is 9.36. The van der Waals surface area contributed by atoms with E-state index in [1.165, 1.54) is 12.0 Å². The first kappa shape index (κ1) is 17.0. The Labute approximate surface area is 154 Å². The molecule has 1 aromatic heterocycles. The summed E-state index contributed by atoms with van der Waals surface area (Å²) in [6.45, 7) is 3.72. The Balaban J connectivity index is 1.43. The molecule has 2 atom stereocenters. The number of rotatable bonds is 4. The number of piperidine rings is 1. The third kappa shape index (κ3) is 3.88. The average Bonchev–Trinajstić information content (AvgIpc) is 2.93. The van der Waals surface area contributed by atoms with Gasteiger partial charge >= 0.3 is 0 Å². The minimum Gasteiger partial charge on any atom is -0.508 e. The Bertz CT molecular complexity index is 765. The van der Waals surface area contributed by atoms with Crippen LogP contribution >= 0.6 is 0 Å². The number of carbonyl (C=O) groups excluding carboxylic acids is 1. The predicted octanol–water partition coefficient (Wildman–Crippen LogP) is 2.45. The zero-order valence-electron chi connectivity index (χ0n) is 14.9. The van der Waals surface area contributed by atoms with Crippen LogP contribution in [0.1, 0.15) is 24.0 Å². The second-order valence-corrected chi connectivity index (χ2v) is 7.55. The molecule has 5 nitrogen and oxygen atoms in total. The monoisotopic (exact) mass is 351 g/mol. The molecule has 0 spiro atoms. The summed E-state index contributed by atoms with van der Waals surface area (Å²) in [4.78, 5) is 21.7. The van der Waals surface area contributed by atoms with Crippen LogP contribution in [0.3, 0.4) is 0 Å². The van der Waals surface area contributed by atoms with Gasteiger partial charge in [0.05, 0.1) is 6.42 Å². The van der Waals surface area contributed by atoms with Gasteiger partial charge in [-0.3, -0.25) is 14.7 Å². The molecule has 1 amide bonds. The summed E-state index contributed by atoms with van der Waals surface area (Å²) in [6, 6.07) is 11.4. The Hall–Kier alpha value is -2.40. The van der Waals surface area contributed by atoms with E-state index in [4.69, 9.17) is 0 Å². The summed E-state index contributed by atoms with van der Waals surface area (Å²) in [7, 11) is 0. The highest BCUT2D eigenvalue weighted by Crippen LogP contribution is 2.29. The van der Waals surface area contributed by atoms with Crippen LogP contribution in [0.4, 0.5) is 0 Å². The molecule has 5 heteroatoms. The van der Waals surface area contributed by atoms with Gasteiger partial charge in [-0.25, -0.2) is 0 Å². The van der Waals surface area contributed by atoms with Gasteiger partial charge in [0.1, 0.15) is 5.75 Å². The van der Waals surface area contributed by atoms with Crippen molar-refractivity contribution in [3.63, 3.8) is 0 Å². The van der Waals surface area contributed by atoms with Crippen molar-refractivity contribution < 1.29 is 9.90 Å². The van der Waals surface area contributed by atoms with Crippen LogP contribution in [-0.4, -0.2) is 51.5 Å². The summed E-state index contributed by atoms with van der Waals surface area (Å²) < 4.78 is 0. The Morgan fingerprint density at radius 2 is 2.00 bits per heavy atom. The molecule has 0 unspecified atom stereocenters. The van der Waals surface area contributed by atoms with Crippen molar-refractivity contribution in [1.29, 1.82) is 0 Å². The molecule has 3 saturated heterocycles. The van der Waals surface area contributed by atoms with Gasteiger partial charge in [0.25, 0.3) is 0 Å². The molecule has 26 heavy (non-hydrogen) atoms. The maximum Gasteiger partial charge on any atom is 0.227 e. The number of phenolic OH excluding ortho intramolecular Hbond substituents is 1. The smallest absolute Gasteiger partial charge is 0.227 e. The lowest BCUT2D eigenvalue weighted by molar-refractivity contribution is -0.134. The standard InChI is InChI=1S/C21H25N3O2/c25-20-5-1-3-16(9-20)10-21(26)24-14-18-6-7-19(24)15-23(13-18)12-17-4-2-8-22-11-17/h1-5,8-9,11,18-19,25H,6-7,10,12-15H2/t18-,19+/m0/s1. The highest BCUT2D eigenvalue weighted by molar-refractivity contribution is 5.79. The highest BCUT2D eigenvalue weighted by atomic mass is 16.3. The third-order valence-corrected chi connectivity index (χ3v) is 5.50. The maximum atomic E-state index is 12.9. The predicted molar refractivity (Wildman–Crippen MR) is 99.5 cm³/mol. The Morgan fingerprint density at radius 1 is 1.12 bits per heavy atom. The van der Waals surface area contributed by atoms with Gasteiger partial charge in [-0.15, -0.1) is 0 Å². The molecule has 1 aromatic carbocycles. The molecule has 1 N–H and O–H groups in total. The van der Waals surface area contributed by atoms with Gasteiger partial charge in [0.2, 0.25) is 5.91 Å². The second-order valence-electron chi connectivity index (χ2n) is 7.55. The van der Waals surface area contributed by atoms with Gasteiger partial charge in [-0.1, -0.05) is 18.2 Å². The topological polar surface area (TPSA) is 56.7 Å². The highest BCUT2D eigenvalue weighted by Gasteiger charge is 2.36.